The second kappa shape index (κ2) is 9.64. The zero-order chi connectivity index (χ0) is 27.5. The summed E-state index contributed by atoms with van der Waals surface area (Å²) in [6.07, 6.45) is 0.472. The van der Waals surface area contributed by atoms with Gasteiger partial charge in [0.2, 0.25) is 0 Å². The number of nitrogens with one attached hydrogen (secondary N) is 2. The largest absolute Gasteiger partial charge is 0.444 e. The second-order valence-corrected chi connectivity index (χ2v) is 12.1. The topological polar surface area (TPSA) is 80.9 Å². The lowest BCUT2D eigenvalue weighted by atomic mass is 9.98. The average Bonchev–Trinajstić information content (AvgIpc) is 3.07. The summed E-state index contributed by atoms with van der Waals surface area (Å²) in [6.45, 7) is 10.5. The van der Waals surface area contributed by atoms with Crippen molar-refractivity contribution >= 4 is 22.9 Å². The van der Waals surface area contributed by atoms with Crippen LogP contribution < -0.4 is 5.32 Å². The van der Waals surface area contributed by atoms with Gasteiger partial charge in [-0.2, -0.15) is 0 Å². The molecule has 3 aliphatic rings. The first-order valence-electron chi connectivity index (χ1n) is 13.7. The van der Waals surface area contributed by atoms with Crippen LogP contribution in [0.1, 0.15) is 42.3 Å². The standard InChI is InChI=1S/C30H36FN5O3/c1-30(2,3)39-29(38)36-16-22(17-36)35-14-21(15-35)34(4)13-18-5-7-19(8-6-18)27-23-9-10-32-28(37)24-11-20(31)12-25(33-27)26(23)24/h5-8,11-12,21-22,33H,9-10,13-17H2,1-4H3,(H,32,37). The van der Waals surface area contributed by atoms with Crippen LogP contribution in [0.2, 0.25) is 0 Å². The van der Waals surface area contributed by atoms with E-state index in [1.165, 1.54) is 17.7 Å². The van der Waals surface area contributed by atoms with Gasteiger partial charge in [0, 0.05) is 67.9 Å². The molecule has 0 spiro atoms. The molecule has 2 N–H and O–H groups in total. The fourth-order valence-corrected chi connectivity index (χ4v) is 5.86. The fourth-order valence-electron chi connectivity index (χ4n) is 5.86. The Morgan fingerprint density at radius 1 is 1.13 bits per heavy atom. The summed E-state index contributed by atoms with van der Waals surface area (Å²) in [5.41, 5.74) is 4.85. The Labute approximate surface area is 228 Å². The second-order valence-electron chi connectivity index (χ2n) is 12.1. The molecule has 0 saturated carbocycles. The minimum Gasteiger partial charge on any atom is -0.444 e. The van der Waals surface area contributed by atoms with E-state index in [4.69, 9.17) is 4.74 Å². The molecule has 0 unspecified atom stereocenters. The van der Waals surface area contributed by atoms with Gasteiger partial charge in [-0.15, -0.1) is 0 Å². The number of hydrogen-bond acceptors (Lipinski definition) is 5. The third kappa shape index (κ3) is 5.01. The van der Waals surface area contributed by atoms with Crippen molar-refractivity contribution in [1.29, 1.82) is 0 Å². The number of likely N-dealkylation sites (N-methyl/N-ethyl adjacent to an activating group) is 1. The number of nitrogens with zero attached hydrogens (tertiary/aromatic N) is 3. The third-order valence-electron chi connectivity index (χ3n) is 8.09. The molecule has 4 heterocycles. The maximum atomic E-state index is 14.2. The van der Waals surface area contributed by atoms with E-state index in [1.807, 2.05) is 20.8 Å². The summed E-state index contributed by atoms with van der Waals surface area (Å²) in [7, 11) is 2.16. The molecule has 0 aliphatic carbocycles. The number of carbonyl (C=O) groups excluding carboxylic acids is 2. The Morgan fingerprint density at radius 3 is 2.54 bits per heavy atom. The first-order chi connectivity index (χ1) is 18.6. The monoisotopic (exact) mass is 533 g/mol. The number of halogens is 1. The first-order valence-corrected chi connectivity index (χ1v) is 13.7. The van der Waals surface area contributed by atoms with E-state index >= 15 is 0 Å². The molecular formula is C30H36FN5O3. The maximum Gasteiger partial charge on any atom is 0.410 e. The molecule has 2 aromatic carbocycles. The molecule has 9 heteroatoms. The smallest absolute Gasteiger partial charge is 0.410 e. The molecule has 2 fully saturated rings. The lowest BCUT2D eigenvalue weighted by molar-refractivity contribution is -0.0549. The van der Waals surface area contributed by atoms with Crippen molar-refractivity contribution < 1.29 is 18.7 Å². The summed E-state index contributed by atoms with van der Waals surface area (Å²) in [4.78, 5) is 34.7. The number of H-pyrrole nitrogens is 1. The van der Waals surface area contributed by atoms with Crippen LogP contribution in [0.5, 0.6) is 0 Å². The van der Waals surface area contributed by atoms with Gasteiger partial charge < -0.3 is 19.9 Å². The molecule has 3 aliphatic heterocycles. The summed E-state index contributed by atoms with van der Waals surface area (Å²) in [5, 5.41) is 3.70. The average molecular weight is 534 g/mol. The van der Waals surface area contributed by atoms with Crippen LogP contribution in [0, 0.1) is 5.82 Å². The molecule has 6 rings (SSSR count). The fraction of sp³-hybridized carbons (Fsp3) is 0.467. The molecule has 8 nitrogen and oxygen atoms in total. The van der Waals surface area contributed by atoms with Crippen molar-refractivity contribution in [3.8, 4) is 11.3 Å². The van der Waals surface area contributed by atoms with Crippen LogP contribution in [0.25, 0.3) is 22.2 Å². The number of likely N-dealkylation sites (tertiary alicyclic amines) is 2. The number of amides is 2. The van der Waals surface area contributed by atoms with E-state index in [1.54, 1.807) is 4.90 Å². The van der Waals surface area contributed by atoms with E-state index in [2.05, 4.69) is 51.4 Å². The predicted molar refractivity (Wildman–Crippen MR) is 148 cm³/mol. The Morgan fingerprint density at radius 2 is 1.85 bits per heavy atom. The van der Waals surface area contributed by atoms with Gasteiger partial charge in [0.05, 0.1) is 5.56 Å². The minimum atomic E-state index is -0.461. The molecule has 2 saturated heterocycles. The summed E-state index contributed by atoms with van der Waals surface area (Å²) in [5.74, 6) is -0.644. The number of aromatic nitrogens is 1. The zero-order valence-corrected chi connectivity index (χ0v) is 23.0. The van der Waals surface area contributed by atoms with E-state index in [0.717, 1.165) is 54.9 Å². The highest BCUT2D eigenvalue weighted by Crippen LogP contribution is 2.35. The van der Waals surface area contributed by atoms with E-state index in [-0.39, 0.29) is 12.0 Å². The van der Waals surface area contributed by atoms with Crippen LogP contribution in [-0.4, -0.2) is 89.1 Å². The number of carbonyl (C=O) groups is 2. The number of rotatable bonds is 5. The molecule has 1 aromatic heterocycles. The van der Waals surface area contributed by atoms with E-state index < -0.39 is 11.4 Å². The van der Waals surface area contributed by atoms with Crippen molar-refractivity contribution in [2.45, 2.75) is 51.4 Å². The van der Waals surface area contributed by atoms with Crippen molar-refractivity contribution in [3.63, 3.8) is 0 Å². The number of ether oxygens (including phenoxy) is 1. The molecule has 2 amide bonds. The van der Waals surface area contributed by atoms with Gasteiger partial charge >= 0.3 is 6.09 Å². The number of benzene rings is 2. The first kappa shape index (κ1) is 25.8. The van der Waals surface area contributed by atoms with Gasteiger partial charge in [0.1, 0.15) is 11.4 Å². The summed E-state index contributed by atoms with van der Waals surface area (Å²) >= 11 is 0. The highest BCUT2D eigenvalue weighted by Gasteiger charge is 2.42. The van der Waals surface area contributed by atoms with Gasteiger partial charge in [-0.1, -0.05) is 24.3 Å². The number of hydrogen-bond donors (Lipinski definition) is 2. The van der Waals surface area contributed by atoms with Gasteiger partial charge in [0.25, 0.3) is 5.91 Å². The highest BCUT2D eigenvalue weighted by molar-refractivity contribution is 6.10. The van der Waals surface area contributed by atoms with Crippen LogP contribution in [0.3, 0.4) is 0 Å². The van der Waals surface area contributed by atoms with E-state index in [9.17, 15) is 14.0 Å². The maximum absolute atomic E-state index is 14.2. The Bertz CT molecular complexity index is 1420. The molecular weight excluding hydrogens is 497 g/mol. The molecule has 3 aromatic rings. The third-order valence-corrected chi connectivity index (χ3v) is 8.09. The van der Waals surface area contributed by atoms with Gasteiger partial charge in [-0.05, 0) is 63.1 Å². The molecule has 0 atom stereocenters. The quantitative estimate of drug-likeness (QED) is 0.518. The van der Waals surface area contributed by atoms with E-state index in [0.29, 0.717) is 36.1 Å². The van der Waals surface area contributed by atoms with Gasteiger partial charge in [0.15, 0.2) is 0 Å². The molecule has 39 heavy (non-hydrogen) atoms. The van der Waals surface area contributed by atoms with Crippen molar-refractivity contribution in [2.75, 3.05) is 39.8 Å². The van der Waals surface area contributed by atoms with Crippen LogP contribution in [0.15, 0.2) is 36.4 Å². The Hall–Kier alpha value is -3.43. The van der Waals surface area contributed by atoms with Crippen LogP contribution in [0.4, 0.5) is 9.18 Å². The predicted octanol–water partition coefficient (Wildman–Crippen LogP) is 4.00. The highest BCUT2D eigenvalue weighted by atomic mass is 19.1. The molecule has 0 radical (unpaired) electrons. The Kier molecular flexibility index (Phi) is 6.38. The van der Waals surface area contributed by atoms with Crippen LogP contribution in [-0.2, 0) is 17.7 Å². The van der Waals surface area contributed by atoms with Crippen molar-refractivity contribution in [1.82, 2.24) is 25.0 Å². The molecule has 0 bridgehead atoms. The lowest BCUT2D eigenvalue weighted by Gasteiger charge is -2.53. The molecule has 206 valence electrons. The summed E-state index contributed by atoms with van der Waals surface area (Å²) < 4.78 is 19.7. The normalized spacial score (nSPS) is 18.6. The summed E-state index contributed by atoms with van der Waals surface area (Å²) in [6, 6.07) is 12.2. The van der Waals surface area contributed by atoms with Crippen molar-refractivity contribution in [3.05, 3.63) is 58.9 Å². The van der Waals surface area contributed by atoms with Gasteiger partial charge in [-0.25, -0.2) is 9.18 Å². The van der Waals surface area contributed by atoms with Gasteiger partial charge in [-0.3, -0.25) is 14.6 Å². The SMILES string of the molecule is CN(Cc1ccc(-c2[nH]c3cc(F)cc4c3c2CCNC4=O)cc1)C1CN(C2CN(C(=O)OC(C)(C)C)C2)C1. The lowest BCUT2D eigenvalue weighted by Crippen LogP contribution is -2.70. The van der Waals surface area contributed by atoms with Crippen molar-refractivity contribution in [2.24, 2.45) is 0 Å². The zero-order valence-electron chi connectivity index (χ0n) is 23.0. The minimum absolute atomic E-state index is 0.221. The number of aromatic amines is 1. The van der Waals surface area contributed by atoms with Crippen LogP contribution >= 0.6 is 0 Å². The Balaban J connectivity index is 1.06.